The Morgan fingerprint density at radius 1 is 1.35 bits per heavy atom. The van der Waals surface area contributed by atoms with Gasteiger partial charge in [-0.25, -0.2) is 8.42 Å². The zero-order valence-electron chi connectivity index (χ0n) is 13.3. The zero-order chi connectivity index (χ0) is 17.0. The molecule has 0 aromatic heterocycles. The average molecular weight is 360 g/mol. The van der Waals surface area contributed by atoms with Crippen LogP contribution in [-0.4, -0.2) is 51.4 Å². The summed E-state index contributed by atoms with van der Waals surface area (Å²) in [5.41, 5.74) is 0. The van der Waals surface area contributed by atoms with Crippen LogP contribution < -0.4 is 10.0 Å². The van der Waals surface area contributed by atoms with E-state index in [1.807, 2.05) is 7.05 Å². The summed E-state index contributed by atoms with van der Waals surface area (Å²) in [6.45, 7) is 2.82. The number of hydrogen-bond acceptors (Lipinski definition) is 4. The number of amides is 1. The van der Waals surface area contributed by atoms with Crippen molar-refractivity contribution in [3.8, 4) is 0 Å². The van der Waals surface area contributed by atoms with E-state index in [1.54, 1.807) is 11.8 Å². The number of likely N-dealkylation sites (tertiary alicyclic amines) is 1. The minimum atomic E-state index is -3.75. The second-order valence-electron chi connectivity index (χ2n) is 5.71. The van der Waals surface area contributed by atoms with Crippen LogP contribution in [0.2, 0.25) is 5.02 Å². The maximum atomic E-state index is 12.5. The molecule has 0 saturated carbocycles. The molecule has 0 bridgehead atoms. The molecule has 2 atom stereocenters. The van der Waals surface area contributed by atoms with Gasteiger partial charge in [0.15, 0.2) is 0 Å². The molecule has 1 aliphatic rings. The van der Waals surface area contributed by atoms with E-state index in [2.05, 4.69) is 10.0 Å². The second-order valence-corrected chi connectivity index (χ2v) is 7.86. The van der Waals surface area contributed by atoms with Crippen molar-refractivity contribution < 1.29 is 13.2 Å². The fraction of sp³-hybridized carbons (Fsp3) is 0.533. The molecular weight excluding hydrogens is 338 g/mol. The SMILES string of the molecule is CNC1CCCN(C(=O)C(C)NS(=O)(=O)c2ccc(Cl)cc2)C1. The molecule has 6 nitrogen and oxygen atoms in total. The normalized spacial score (nSPS) is 20.3. The molecule has 1 aliphatic heterocycles. The molecule has 1 aromatic carbocycles. The van der Waals surface area contributed by atoms with Gasteiger partial charge in [-0.2, -0.15) is 4.72 Å². The minimum Gasteiger partial charge on any atom is -0.340 e. The van der Waals surface area contributed by atoms with Gasteiger partial charge in [0.25, 0.3) is 0 Å². The van der Waals surface area contributed by atoms with Gasteiger partial charge in [-0.15, -0.1) is 0 Å². The Labute approximate surface area is 142 Å². The van der Waals surface area contributed by atoms with E-state index in [4.69, 9.17) is 11.6 Å². The minimum absolute atomic E-state index is 0.0910. The third-order valence-electron chi connectivity index (χ3n) is 3.97. The van der Waals surface area contributed by atoms with Crippen LogP contribution in [0.25, 0.3) is 0 Å². The molecule has 1 heterocycles. The number of nitrogens with zero attached hydrogens (tertiary/aromatic N) is 1. The molecule has 23 heavy (non-hydrogen) atoms. The summed E-state index contributed by atoms with van der Waals surface area (Å²) in [6, 6.07) is 5.29. The molecule has 0 aliphatic carbocycles. The first-order chi connectivity index (χ1) is 10.8. The van der Waals surface area contributed by atoms with Crippen LogP contribution in [0.5, 0.6) is 0 Å². The van der Waals surface area contributed by atoms with Gasteiger partial charge in [0, 0.05) is 24.2 Å². The number of nitrogens with one attached hydrogen (secondary N) is 2. The lowest BCUT2D eigenvalue weighted by molar-refractivity contribution is -0.133. The van der Waals surface area contributed by atoms with Crippen LogP contribution >= 0.6 is 11.6 Å². The highest BCUT2D eigenvalue weighted by Gasteiger charge is 2.29. The number of rotatable bonds is 5. The van der Waals surface area contributed by atoms with Crippen molar-refractivity contribution >= 4 is 27.5 Å². The fourth-order valence-electron chi connectivity index (χ4n) is 2.65. The summed E-state index contributed by atoms with van der Waals surface area (Å²) in [5, 5.41) is 3.62. The first-order valence-corrected chi connectivity index (χ1v) is 9.43. The summed E-state index contributed by atoms with van der Waals surface area (Å²) in [5.74, 6) is -0.206. The molecule has 8 heteroatoms. The highest BCUT2D eigenvalue weighted by molar-refractivity contribution is 7.89. The predicted octanol–water partition coefficient (Wildman–Crippen LogP) is 1.22. The third-order valence-corrected chi connectivity index (χ3v) is 5.78. The summed E-state index contributed by atoms with van der Waals surface area (Å²) >= 11 is 5.76. The van der Waals surface area contributed by atoms with E-state index in [9.17, 15) is 13.2 Å². The summed E-state index contributed by atoms with van der Waals surface area (Å²) in [7, 11) is -1.88. The van der Waals surface area contributed by atoms with Crippen LogP contribution in [0.3, 0.4) is 0 Å². The maximum absolute atomic E-state index is 12.5. The summed E-state index contributed by atoms with van der Waals surface area (Å²) in [4.78, 5) is 14.3. The van der Waals surface area contributed by atoms with E-state index >= 15 is 0 Å². The van der Waals surface area contributed by atoms with Gasteiger partial charge < -0.3 is 10.2 Å². The molecule has 128 valence electrons. The smallest absolute Gasteiger partial charge is 0.241 e. The van der Waals surface area contributed by atoms with Crippen LogP contribution in [0.15, 0.2) is 29.2 Å². The maximum Gasteiger partial charge on any atom is 0.241 e. The Hall–Kier alpha value is -1.15. The number of sulfonamides is 1. The number of benzene rings is 1. The predicted molar refractivity (Wildman–Crippen MR) is 89.9 cm³/mol. The zero-order valence-corrected chi connectivity index (χ0v) is 14.8. The van der Waals surface area contributed by atoms with Gasteiger partial charge in [-0.3, -0.25) is 4.79 Å². The lowest BCUT2D eigenvalue weighted by Gasteiger charge is -2.34. The lowest BCUT2D eigenvalue weighted by atomic mass is 10.1. The molecule has 1 fully saturated rings. The Bertz CT molecular complexity index is 648. The molecule has 2 unspecified atom stereocenters. The summed E-state index contributed by atoms with van der Waals surface area (Å²) < 4.78 is 27.1. The Morgan fingerprint density at radius 2 is 2.00 bits per heavy atom. The molecule has 2 rings (SSSR count). The van der Waals surface area contributed by atoms with Crippen molar-refractivity contribution in [1.29, 1.82) is 0 Å². The first kappa shape index (κ1) is 18.2. The monoisotopic (exact) mass is 359 g/mol. The number of carbonyl (C=O) groups is 1. The standard InChI is InChI=1S/C15H22ClN3O3S/c1-11(15(20)19-9-3-4-13(10-19)17-2)18-23(21,22)14-7-5-12(16)6-8-14/h5-8,11,13,17-18H,3-4,9-10H2,1-2H3. The number of likely N-dealkylation sites (N-methyl/N-ethyl adjacent to an activating group) is 1. The van der Waals surface area contributed by atoms with Crippen molar-refractivity contribution in [2.45, 2.75) is 36.7 Å². The molecule has 2 N–H and O–H groups in total. The topological polar surface area (TPSA) is 78.5 Å². The van der Waals surface area contributed by atoms with Crippen molar-refractivity contribution in [2.75, 3.05) is 20.1 Å². The largest absolute Gasteiger partial charge is 0.340 e. The average Bonchev–Trinajstić information content (AvgIpc) is 2.54. The van der Waals surface area contributed by atoms with Gasteiger partial charge in [-0.1, -0.05) is 11.6 Å². The number of carbonyl (C=O) groups excluding carboxylic acids is 1. The van der Waals surface area contributed by atoms with E-state index in [-0.39, 0.29) is 16.8 Å². The van der Waals surface area contributed by atoms with Crippen LogP contribution in [0.1, 0.15) is 19.8 Å². The Morgan fingerprint density at radius 3 is 2.61 bits per heavy atom. The highest BCUT2D eigenvalue weighted by Crippen LogP contribution is 2.15. The van der Waals surface area contributed by atoms with E-state index < -0.39 is 16.1 Å². The quantitative estimate of drug-likeness (QED) is 0.828. The van der Waals surface area contributed by atoms with Gasteiger partial charge in [-0.05, 0) is 51.1 Å². The van der Waals surface area contributed by atoms with Crippen molar-refractivity contribution in [2.24, 2.45) is 0 Å². The molecule has 1 aromatic rings. The van der Waals surface area contributed by atoms with Crippen molar-refractivity contribution in [3.05, 3.63) is 29.3 Å². The fourth-order valence-corrected chi connectivity index (χ4v) is 3.97. The molecular formula is C15H22ClN3O3S. The Kier molecular flexibility index (Phi) is 6.02. The number of hydrogen-bond donors (Lipinski definition) is 2. The lowest BCUT2D eigenvalue weighted by Crippen LogP contribution is -2.53. The first-order valence-electron chi connectivity index (χ1n) is 7.57. The van der Waals surface area contributed by atoms with E-state index in [0.717, 1.165) is 12.8 Å². The number of halogens is 1. The van der Waals surface area contributed by atoms with Crippen LogP contribution in [0.4, 0.5) is 0 Å². The molecule has 0 radical (unpaired) electrons. The molecule has 0 spiro atoms. The van der Waals surface area contributed by atoms with Gasteiger partial charge in [0.05, 0.1) is 10.9 Å². The summed E-state index contributed by atoms with van der Waals surface area (Å²) in [6.07, 6.45) is 1.93. The van der Waals surface area contributed by atoms with Gasteiger partial charge >= 0.3 is 0 Å². The van der Waals surface area contributed by atoms with E-state index in [0.29, 0.717) is 18.1 Å². The van der Waals surface area contributed by atoms with E-state index in [1.165, 1.54) is 24.3 Å². The number of piperidine rings is 1. The van der Waals surface area contributed by atoms with Crippen LogP contribution in [-0.2, 0) is 14.8 Å². The van der Waals surface area contributed by atoms with Crippen molar-refractivity contribution in [1.82, 2.24) is 14.9 Å². The van der Waals surface area contributed by atoms with Crippen LogP contribution in [0, 0.1) is 0 Å². The Balaban J connectivity index is 2.03. The second kappa shape index (κ2) is 7.61. The molecule has 1 saturated heterocycles. The highest BCUT2D eigenvalue weighted by atomic mass is 35.5. The molecule has 1 amide bonds. The van der Waals surface area contributed by atoms with Crippen molar-refractivity contribution in [3.63, 3.8) is 0 Å². The van der Waals surface area contributed by atoms with Gasteiger partial charge in [0.1, 0.15) is 0 Å². The third kappa shape index (κ3) is 4.67. The van der Waals surface area contributed by atoms with Gasteiger partial charge in [0.2, 0.25) is 15.9 Å².